The lowest BCUT2D eigenvalue weighted by molar-refractivity contribution is -0.161. The summed E-state index contributed by atoms with van der Waals surface area (Å²) in [6.45, 7) is 5.57. The van der Waals surface area contributed by atoms with Crippen molar-refractivity contribution in [3.8, 4) is 0 Å². The first-order valence-corrected chi connectivity index (χ1v) is 7.89. The van der Waals surface area contributed by atoms with E-state index in [1.54, 1.807) is 0 Å². The van der Waals surface area contributed by atoms with Crippen molar-refractivity contribution < 1.29 is 9.53 Å². The molecule has 0 atom stereocenters. The maximum Gasteiger partial charge on any atom is 0.327 e. The summed E-state index contributed by atoms with van der Waals surface area (Å²) in [4.78, 5) is 12.7. The van der Waals surface area contributed by atoms with E-state index in [9.17, 15) is 4.79 Å². The first-order valence-electron chi connectivity index (χ1n) is 7.89. The van der Waals surface area contributed by atoms with Gasteiger partial charge in [-0.05, 0) is 31.9 Å². The van der Waals surface area contributed by atoms with Crippen molar-refractivity contribution in [3.05, 3.63) is 71.8 Å². The SMILES string of the molecule is CC(C)(C)OC(=O)C(N)(Cc1ccccc1)Cc1ccccc1. The molecule has 0 aliphatic carbocycles. The van der Waals surface area contributed by atoms with Crippen molar-refractivity contribution in [3.63, 3.8) is 0 Å². The number of ether oxygens (including phenoxy) is 1. The molecular formula is C20H25NO2. The molecule has 0 aromatic heterocycles. The highest BCUT2D eigenvalue weighted by Crippen LogP contribution is 2.21. The number of nitrogens with two attached hydrogens (primary N) is 1. The molecule has 0 unspecified atom stereocenters. The molecule has 0 fully saturated rings. The smallest absolute Gasteiger partial charge is 0.327 e. The summed E-state index contributed by atoms with van der Waals surface area (Å²) in [5.74, 6) is -0.363. The number of hydrogen-bond acceptors (Lipinski definition) is 3. The lowest BCUT2D eigenvalue weighted by Crippen LogP contribution is -2.54. The van der Waals surface area contributed by atoms with Crippen LogP contribution in [0.2, 0.25) is 0 Å². The maximum atomic E-state index is 12.7. The summed E-state index contributed by atoms with van der Waals surface area (Å²) in [5.41, 5.74) is 6.94. The monoisotopic (exact) mass is 311 g/mol. The molecular weight excluding hydrogens is 286 g/mol. The molecule has 2 aromatic carbocycles. The van der Waals surface area contributed by atoms with E-state index in [4.69, 9.17) is 10.5 Å². The van der Waals surface area contributed by atoms with Crippen LogP contribution in [0.1, 0.15) is 31.9 Å². The molecule has 0 saturated carbocycles. The van der Waals surface area contributed by atoms with E-state index in [0.29, 0.717) is 12.8 Å². The van der Waals surface area contributed by atoms with Gasteiger partial charge in [0.1, 0.15) is 11.1 Å². The molecule has 0 amide bonds. The molecule has 122 valence electrons. The van der Waals surface area contributed by atoms with E-state index in [2.05, 4.69) is 0 Å². The van der Waals surface area contributed by atoms with E-state index in [0.717, 1.165) is 11.1 Å². The molecule has 23 heavy (non-hydrogen) atoms. The maximum absolute atomic E-state index is 12.7. The summed E-state index contributed by atoms with van der Waals surface area (Å²) in [6, 6.07) is 19.6. The lowest BCUT2D eigenvalue weighted by Gasteiger charge is -2.31. The van der Waals surface area contributed by atoms with Gasteiger partial charge < -0.3 is 10.5 Å². The number of benzene rings is 2. The number of carbonyl (C=O) groups is 1. The van der Waals surface area contributed by atoms with Crippen LogP contribution < -0.4 is 5.73 Å². The summed E-state index contributed by atoms with van der Waals surface area (Å²) in [5, 5.41) is 0. The number of carbonyl (C=O) groups excluding carboxylic acids is 1. The molecule has 2 rings (SSSR count). The fourth-order valence-corrected chi connectivity index (χ4v) is 2.51. The van der Waals surface area contributed by atoms with E-state index in [1.165, 1.54) is 0 Å². The molecule has 0 heterocycles. The Labute approximate surface area is 138 Å². The van der Waals surface area contributed by atoms with Crippen molar-refractivity contribution in [2.45, 2.75) is 44.8 Å². The summed E-state index contributed by atoms with van der Waals surface area (Å²) < 4.78 is 5.58. The van der Waals surface area contributed by atoms with E-state index >= 15 is 0 Å². The van der Waals surface area contributed by atoms with Crippen molar-refractivity contribution in [1.29, 1.82) is 0 Å². The predicted molar refractivity (Wildman–Crippen MR) is 93.1 cm³/mol. The highest BCUT2D eigenvalue weighted by atomic mass is 16.6. The van der Waals surface area contributed by atoms with Gasteiger partial charge in [0.25, 0.3) is 0 Å². The molecule has 2 N–H and O–H groups in total. The zero-order valence-electron chi connectivity index (χ0n) is 14.1. The minimum Gasteiger partial charge on any atom is -0.459 e. The third kappa shape index (κ3) is 5.22. The predicted octanol–water partition coefficient (Wildman–Crippen LogP) is 3.51. The average Bonchev–Trinajstić information content (AvgIpc) is 2.47. The molecule has 3 nitrogen and oxygen atoms in total. The van der Waals surface area contributed by atoms with Crippen LogP contribution >= 0.6 is 0 Å². The van der Waals surface area contributed by atoms with Gasteiger partial charge in [-0.2, -0.15) is 0 Å². The molecule has 3 heteroatoms. The van der Waals surface area contributed by atoms with Gasteiger partial charge >= 0.3 is 5.97 Å². The van der Waals surface area contributed by atoms with E-state index in [-0.39, 0.29) is 5.97 Å². The topological polar surface area (TPSA) is 52.3 Å². The van der Waals surface area contributed by atoms with Crippen molar-refractivity contribution in [2.24, 2.45) is 5.73 Å². The van der Waals surface area contributed by atoms with Gasteiger partial charge in [0, 0.05) is 12.8 Å². The third-order valence-electron chi connectivity index (χ3n) is 3.53. The molecule has 0 aliphatic heterocycles. The Morgan fingerprint density at radius 1 is 0.870 bits per heavy atom. The zero-order valence-corrected chi connectivity index (χ0v) is 14.1. The highest BCUT2D eigenvalue weighted by molar-refractivity contribution is 5.82. The van der Waals surface area contributed by atoms with E-state index < -0.39 is 11.1 Å². The van der Waals surface area contributed by atoms with Crippen molar-refractivity contribution >= 4 is 5.97 Å². The molecule has 0 radical (unpaired) electrons. The fraction of sp³-hybridized carbons (Fsp3) is 0.350. The first-order chi connectivity index (χ1) is 10.8. The quantitative estimate of drug-likeness (QED) is 0.860. The fourth-order valence-electron chi connectivity index (χ4n) is 2.51. The Morgan fingerprint density at radius 3 is 1.61 bits per heavy atom. The van der Waals surface area contributed by atoms with Crippen molar-refractivity contribution in [1.82, 2.24) is 0 Å². The molecule has 0 saturated heterocycles. The Kier molecular flexibility index (Phi) is 5.22. The van der Waals surface area contributed by atoms with Gasteiger partial charge in [-0.15, -0.1) is 0 Å². The summed E-state index contributed by atoms with van der Waals surface area (Å²) in [6.07, 6.45) is 0.884. The van der Waals surface area contributed by atoms with Crippen LogP contribution in [0.25, 0.3) is 0 Å². The van der Waals surface area contributed by atoms with Crippen LogP contribution in [0.3, 0.4) is 0 Å². The highest BCUT2D eigenvalue weighted by Gasteiger charge is 2.38. The minimum atomic E-state index is -1.09. The van der Waals surface area contributed by atoms with E-state index in [1.807, 2.05) is 81.4 Å². The second-order valence-corrected chi connectivity index (χ2v) is 6.98. The minimum absolute atomic E-state index is 0.363. The van der Waals surface area contributed by atoms with Crippen LogP contribution in [0.15, 0.2) is 60.7 Å². The Morgan fingerprint density at radius 2 is 1.26 bits per heavy atom. The second-order valence-electron chi connectivity index (χ2n) is 6.98. The molecule has 2 aromatic rings. The second kappa shape index (κ2) is 6.97. The number of esters is 1. The first kappa shape index (κ1) is 17.2. The van der Waals surface area contributed by atoms with Gasteiger partial charge in [-0.3, -0.25) is 4.79 Å². The number of rotatable bonds is 5. The standard InChI is InChI=1S/C20H25NO2/c1-19(2,3)23-18(22)20(21,14-16-10-6-4-7-11-16)15-17-12-8-5-9-13-17/h4-13H,14-15,21H2,1-3H3. The van der Waals surface area contributed by atoms with Gasteiger partial charge in [-0.1, -0.05) is 60.7 Å². The largest absolute Gasteiger partial charge is 0.459 e. The van der Waals surface area contributed by atoms with Crippen molar-refractivity contribution in [2.75, 3.05) is 0 Å². The third-order valence-corrected chi connectivity index (χ3v) is 3.53. The zero-order chi connectivity index (χ0) is 16.9. The Bertz CT molecular complexity index is 588. The van der Waals surface area contributed by atoms with Crippen LogP contribution in [0.5, 0.6) is 0 Å². The summed E-state index contributed by atoms with van der Waals surface area (Å²) in [7, 11) is 0. The summed E-state index contributed by atoms with van der Waals surface area (Å²) >= 11 is 0. The van der Waals surface area contributed by atoms with Crippen LogP contribution in [-0.4, -0.2) is 17.1 Å². The van der Waals surface area contributed by atoms with Gasteiger partial charge in [0.05, 0.1) is 0 Å². The van der Waals surface area contributed by atoms with Crippen LogP contribution in [-0.2, 0) is 22.4 Å². The normalized spacial score (nSPS) is 12.0. The Balaban J connectivity index is 2.27. The lowest BCUT2D eigenvalue weighted by atomic mass is 9.85. The molecule has 0 spiro atoms. The van der Waals surface area contributed by atoms with Crippen LogP contribution in [0, 0.1) is 0 Å². The number of hydrogen-bond donors (Lipinski definition) is 1. The van der Waals surface area contributed by atoms with Gasteiger partial charge in [0.15, 0.2) is 0 Å². The average molecular weight is 311 g/mol. The molecule has 0 bridgehead atoms. The van der Waals surface area contributed by atoms with Gasteiger partial charge in [0.2, 0.25) is 0 Å². The molecule has 0 aliphatic rings. The van der Waals surface area contributed by atoms with Gasteiger partial charge in [-0.25, -0.2) is 0 Å². The Hall–Kier alpha value is -2.13. The van der Waals surface area contributed by atoms with Crippen LogP contribution in [0.4, 0.5) is 0 Å².